The molecule has 0 aliphatic carbocycles. The maximum Gasteiger partial charge on any atom is 0.259 e. The van der Waals surface area contributed by atoms with Crippen LogP contribution < -0.4 is 5.73 Å². The van der Waals surface area contributed by atoms with Crippen molar-refractivity contribution in [1.82, 2.24) is 4.98 Å². The van der Waals surface area contributed by atoms with E-state index in [4.69, 9.17) is 22.6 Å². The Morgan fingerprint density at radius 2 is 2.26 bits per heavy atom. The molecule has 1 aromatic carbocycles. The summed E-state index contributed by atoms with van der Waals surface area (Å²) in [6.07, 6.45) is 1.35. The summed E-state index contributed by atoms with van der Waals surface area (Å²) < 4.78 is 0. The number of pyridine rings is 1. The number of para-hydroxylation sites is 1. The lowest BCUT2D eigenvalue weighted by Crippen LogP contribution is -2.12. The number of halogens is 1. The number of nitriles is 1. The van der Waals surface area contributed by atoms with E-state index < -0.39 is 5.91 Å². The summed E-state index contributed by atoms with van der Waals surface area (Å²) in [6, 6.07) is 9.24. The molecule has 1 heterocycles. The fourth-order valence-corrected chi connectivity index (χ4v) is 1.95. The van der Waals surface area contributed by atoms with Crippen molar-refractivity contribution in [2.24, 2.45) is 5.73 Å². The first-order chi connectivity index (χ1) is 9.02. The minimum Gasteiger partial charge on any atom is -0.365 e. The maximum absolute atomic E-state index is 11.0. The molecule has 5 heteroatoms. The van der Waals surface area contributed by atoms with E-state index in [0.717, 1.165) is 16.5 Å². The molecule has 19 heavy (non-hydrogen) atoms. The van der Waals surface area contributed by atoms with Crippen molar-refractivity contribution in [2.75, 3.05) is 0 Å². The molecule has 0 saturated carbocycles. The first-order valence-corrected chi connectivity index (χ1v) is 5.88. The number of rotatable bonds is 2. The molecule has 0 saturated heterocycles. The fourth-order valence-electron chi connectivity index (χ4n) is 1.76. The molecule has 0 bridgehead atoms. The van der Waals surface area contributed by atoms with E-state index in [9.17, 15) is 4.79 Å². The Balaban J connectivity index is 2.67. The molecule has 0 unspecified atom stereocenters. The van der Waals surface area contributed by atoms with E-state index in [0.29, 0.717) is 5.56 Å². The summed E-state index contributed by atoms with van der Waals surface area (Å²) in [4.78, 5) is 15.3. The summed E-state index contributed by atoms with van der Waals surface area (Å²) in [6.45, 7) is 1.94. The topological polar surface area (TPSA) is 79.8 Å². The highest BCUT2D eigenvalue weighted by Crippen LogP contribution is 2.24. The Kier molecular flexibility index (Phi) is 3.50. The van der Waals surface area contributed by atoms with E-state index in [-0.39, 0.29) is 10.7 Å². The Labute approximate surface area is 115 Å². The van der Waals surface area contributed by atoms with E-state index in [1.807, 2.05) is 25.1 Å². The van der Waals surface area contributed by atoms with Crippen molar-refractivity contribution in [2.45, 2.75) is 6.92 Å². The zero-order chi connectivity index (χ0) is 14.0. The van der Waals surface area contributed by atoms with Gasteiger partial charge in [-0.05, 0) is 24.6 Å². The highest BCUT2D eigenvalue weighted by Gasteiger charge is 2.08. The quantitative estimate of drug-likeness (QED) is 0.518. The van der Waals surface area contributed by atoms with Gasteiger partial charge in [-0.25, -0.2) is 4.98 Å². The van der Waals surface area contributed by atoms with Crippen LogP contribution >= 0.6 is 11.6 Å². The second-order valence-corrected chi connectivity index (χ2v) is 4.41. The summed E-state index contributed by atoms with van der Waals surface area (Å²) in [7, 11) is 0. The van der Waals surface area contributed by atoms with Crippen LogP contribution in [0, 0.1) is 18.3 Å². The second kappa shape index (κ2) is 5.09. The Morgan fingerprint density at radius 3 is 2.89 bits per heavy atom. The third-order valence-corrected chi connectivity index (χ3v) is 3.02. The number of primary amides is 1. The predicted octanol–water partition coefficient (Wildman–Crippen LogP) is 2.59. The molecule has 1 aromatic heterocycles. The molecule has 2 N–H and O–H groups in total. The van der Waals surface area contributed by atoms with Gasteiger partial charge in [-0.15, -0.1) is 0 Å². The number of aromatic nitrogens is 1. The Bertz CT molecular complexity index is 744. The van der Waals surface area contributed by atoms with Gasteiger partial charge in [-0.2, -0.15) is 5.26 Å². The van der Waals surface area contributed by atoms with Gasteiger partial charge in [0.1, 0.15) is 16.8 Å². The molecule has 0 aliphatic heterocycles. The van der Waals surface area contributed by atoms with Crippen molar-refractivity contribution < 1.29 is 4.79 Å². The van der Waals surface area contributed by atoms with E-state index in [2.05, 4.69) is 4.98 Å². The van der Waals surface area contributed by atoms with Gasteiger partial charge in [-0.3, -0.25) is 4.79 Å². The molecule has 0 atom stereocenters. The smallest absolute Gasteiger partial charge is 0.259 e. The van der Waals surface area contributed by atoms with Gasteiger partial charge in [0.05, 0.1) is 5.52 Å². The van der Waals surface area contributed by atoms with Crippen molar-refractivity contribution in [1.29, 1.82) is 5.26 Å². The Morgan fingerprint density at radius 1 is 1.53 bits per heavy atom. The van der Waals surface area contributed by atoms with Crippen molar-refractivity contribution in [3.63, 3.8) is 0 Å². The maximum atomic E-state index is 11.0. The lowest BCUT2D eigenvalue weighted by molar-refractivity contribution is -0.114. The SMILES string of the molecule is Cc1cccc2cc(/C=C(\C#N)C(N)=O)c(Cl)nc12. The van der Waals surface area contributed by atoms with Crippen LogP contribution in [-0.2, 0) is 4.79 Å². The van der Waals surface area contributed by atoms with Gasteiger partial charge >= 0.3 is 0 Å². The normalized spacial score (nSPS) is 11.3. The molecule has 0 fully saturated rings. The minimum atomic E-state index is -0.789. The van der Waals surface area contributed by atoms with Gasteiger partial charge in [-0.1, -0.05) is 29.8 Å². The molecular formula is C14H10ClN3O. The molecule has 2 rings (SSSR count). The van der Waals surface area contributed by atoms with Crippen LogP contribution in [0.25, 0.3) is 17.0 Å². The fraction of sp³-hybridized carbons (Fsp3) is 0.0714. The van der Waals surface area contributed by atoms with E-state index in [1.165, 1.54) is 6.08 Å². The summed E-state index contributed by atoms with van der Waals surface area (Å²) >= 11 is 6.06. The number of nitrogens with zero attached hydrogens (tertiary/aromatic N) is 2. The number of hydrogen-bond donors (Lipinski definition) is 1. The van der Waals surface area contributed by atoms with Crippen LogP contribution in [0.15, 0.2) is 29.8 Å². The van der Waals surface area contributed by atoms with Gasteiger partial charge in [0.15, 0.2) is 0 Å². The van der Waals surface area contributed by atoms with Gasteiger partial charge in [0.25, 0.3) is 5.91 Å². The molecule has 4 nitrogen and oxygen atoms in total. The molecule has 0 aliphatic rings. The third-order valence-electron chi connectivity index (χ3n) is 2.71. The zero-order valence-corrected chi connectivity index (χ0v) is 10.9. The van der Waals surface area contributed by atoms with Crippen molar-refractivity contribution >= 4 is 34.5 Å². The van der Waals surface area contributed by atoms with Crippen molar-refractivity contribution in [3.05, 3.63) is 46.1 Å². The van der Waals surface area contributed by atoms with Crippen LogP contribution in [0.1, 0.15) is 11.1 Å². The summed E-state index contributed by atoms with van der Waals surface area (Å²) in [5.41, 5.74) is 7.23. The number of carbonyl (C=O) groups is 1. The molecule has 1 amide bonds. The molecule has 2 aromatic rings. The number of carbonyl (C=O) groups excluding carboxylic acids is 1. The van der Waals surface area contributed by atoms with Crippen LogP contribution in [0.5, 0.6) is 0 Å². The minimum absolute atomic E-state index is 0.157. The number of aryl methyl sites for hydroxylation is 1. The van der Waals surface area contributed by atoms with Crippen LogP contribution in [0.4, 0.5) is 0 Å². The first-order valence-electron chi connectivity index (χ1n) is 5.50. The number of benzene rings is 1. The van der Waals surface area contributed by atoms with Crippen LogP contribution in [0.3, 0.4) is 0 Å². The van der Waals surface area contributed by atoms with E-state index >= 15 is 0 Å². The van der Waals surface area contributed by atoms with Crippen LogP contribution in [0.2, 0.25) is 5.15 Å². The van der Waals surface area contributed by atoms with Crippen molar-refractivity contribution in [3.8, 4) is 6.07 Å². The molecule has 94 valence electrons. The average Bonchev–Trinajstić information content (AvgIpc) is 2.37. The highest BCUT2D eigenvalue weighted by molar-refractivity contribution is 6.31. The van der Waals surface area contributed by atoms with Crippen LogP contribution in [-0.4, -0.2) is 10.9 Å². The summed E-state index contributed by atoms with van der Waals surface area (Å²) in [5, 5.41) is 9.94. The second-order valence-electron chi connectivity index (χ2n) is 4.05. The van der Waals surface area contributed by atoms with Gasteiger partial charge < -0.3 is 5.73 Å². The number of hydrogen-bond acceptors (Lipinski definition) is 3. The standard InChI is InChI=1S/C14H10ClN3O/c1-8-3-2-4-9-5-10(13(15)18-12(8)9)6-11(7-16)14(17)19/h2-6H,1H3,(H2,17,19)/b11-6+. The van der Waals surface area contributed by atoms with E-state index in [1.54, 1.807) is 12.1 Å². The first kappa shape index (κ1) is 13.1. The molecule has 0 radical (unpaired) electrons. The molecular weight excluding hydrogens is 262 g/mol. The average molecular weight is 272 g/mol. The summed E-state index contributed by atoms with van der Waals surface area (Å²) in [5.74, 6) is -0.789. The number of nitrogens with two attached hydrogens (primary N) is 1. The lowest BCUT2D eigenvalue weighted by Gasteiger charge is -2.05. The Hall–Kier alpha value is -2.38. The highest BCUT2D eigenvalue weighted by atomic mass is 35.5. The third kappa shape index (κ3) is 2.56. The monoisotopic (exact) mass is 271 g/mol. The zero-order valence-electron chi connectivity index (χ0n) is 10.1. The number of fused-ring (bicyclic) bond motifs is 1. The van der Waals surface area contributed by atoms with Gasteiger partial charge in [0, 0.05) is 10.9 Å². The number of amides is 1. The van der Waals surface area contributed by atoms with Gasteiger partial charge in [0.2, 0.25) is 0 Å². The lowest BCUT2D eigenvalue weighted by atomic mass is 10.1. The largest absolute Gasteiger partial charge is 0.365 e. The molecule has 0 spiro atoms. The predicted molar refractivity (Wildman–Crippen MR) is 74.3 cm³/mol.